The third-order valence-electron chi connectivity index (χ3n) is 9.57. The minimum absolute atomic E-state index is 0.0448. The number of benzene rings is 3. The Labute approximate surface area is 234 Å². The molecule has 1 aliphatic heterocycles. The quantitative estimate of drug-likeness (QED) is 0.170. The van der Waals surface area contributed by atoms with Gasteiger partial charge in [-0.2, -0.15) is 0 Å². The monoisotopic (exact) mass is 548 g/mol. The summed E-state index contributed by atoms with van der Waals surface area (Å²) in [6.45, 7) is 2.49. The zero-order valence-electron chi connectivity index (χ0n) is 22.9. The maximum atomic E-state index is 15.4. The second-order valence-electron chi connectivity index (χ2n) is 11.9. The van der Waals surface area contributed by atoms with E-state index in [2.05, 4.69) is 19.1 Å². The highest BCUT2D eigenvalue weighted by Crippen LogP contribution is 2.45. The van der Waals surface area contributed by atoms with Crippen LogP contribution in [0.15, 0.2) is 60.7 Å². The van der Waals surface area contributed by atoms with E-state index in [9.17, 15) is 8.78 Å². The van der Waals surface area contributed by atoms with Crippen molar-refractivity contribution in [3.8, 4) is 22.3 Å². The van der Waals surface area contributed by atoms with Crippen LogP contribution in [0.3, 0.4) is 0 Å². The van der Waals surface area contributed by atoms with Crippen molar-refractivity contribution in [2.45, 2.75) is 70.3 Å². The number of rotatable bonds is 6. The van der Waals surface area contributed by atoms with Crippen LogP contribution in [0.1, 0.15) is 81.4 Å². The Balaban J connectivity index is 1.13. The number of hydrogen-bond acceptors (Lipinski definition) is 1. The van der Waals surface area contributed by atoms with E-state index in [1.54, 1.807) is 36.4 Å². The van der Waals surface area contributed by atoms with Crippen molar-refractivity contribution >= 4 is 0 Å². The first-order valence-electron chi connectivity index (χ1n) is 14.8. The van der Waals surface area contributed by atoms with Gasteiger partial charge in [-0.1, -0.05) is 60.7 Å². The summed E-state index contributed by atoms with van der Waals surface area (Å²) in [5.41, 5.74) is 1.95. The van der Waals surface area contributed by atoms with Gasteiger partial charge in [0.05, 0.1) is 6.61 Å². The first-order chi connectivity index (χ1) is 19.4. The maximum absolute atomic E-state index is 15.4. The molecule has 3 aromatic carbocycles. The van der Waals surface area contributed by atoms with Crippen molar-refractivity contribution in [2.24, 2.45) is 17.8 Å². The molecule has 2 saturated carbocycles. The van der Waals surface area contributed by atoms with E-state index in [0.717, 1.165) is 37.5 Å². The molecule has 2 aliphatic carbocycles. The van der Waals surface area contributed by atoms with Crippen LogP contribution in [0.2, 0.25) is 0 Å². The highest BCUT2D eigenvalue weighted by Gasteiger charge is 2.33. The molecule has 1 nitrogen and oxygen atoms in total. The van der Waals surface area contributed by atoms with Crippen LogP contribution in [0.25, 0.3) is 22.3 Å². The summed E-state index contributed by atoms with van der Waals surface area (Å²) in [7, 11) is 0. The summed E-state index contributed by atoms with van der Waals surface area (Å²) in [4.78, 5) is 0. The second kappa shape index (κ2) is 11.5. The maximum Gasteiger partial charge on any atom is 0.167 e. The smallest absolute Gasteiger partial charge is 0.167 e. The lowest BCUT2D eigenvalue weighted by Gasteiger charge is -2.37. The molecule has 0 spiro atoms. The lowest BCUT2D eigenvalue weighted by Crippen LogP contribution is -2.25. The molecular weight excluding hydrogens is 512 g/mol. The van der Waals surface area contributed by atoms with Crippen molar-refractivity contribution in [1.82, 2.24) is 0 Å². The van der Waals surface area contributed by atoms with Crippen LogP contribution in [0.5, 0.6) is 0 Å². The molecule has 6 rings (SSSR count). The Hall–Kier alpha value is -2.92. The Morgan fingerprint density at radius 2 is 1.07 bits per heavy atom. The van der Waals surface area contributed by atoms with Crippen molar-refractivity contribution in [3.63, 3.8) is 0 Å². The molecule has 3 aromatic rings. The summed E-state index contributed by atoms with van der Waals surface area (Å²) in [5.74, 6) is -1.21. The number of halogens is 4. The van der Waals surface area contributed by atoms with Crippen molar-refractivity contribution in [3.05, 3.63) is 95.1 Å². The molecule has 1 heterocycles. The van der Waals surface area contributed by atoms with Crippen LogP contribution in [-0.2, 0) is 4.74 Å². The van der Waals surface area contributed by atoms with Crippen LogP contribution in [0, 0.1) is 41.0 Å². The molecule has 1 saturated heterocycles. The molecule has 0 N–H and O–H groups in total. The summed E-state index contributed by atoms with van der Waals surface area (Å²) in [6.07, 6.45) is 13.2. The van der Waals surface area contributed by atoms with Gasteiger partial charge in [0.2, 0.25) is 0 Å². The van der Waals surface area contributed by atoms with Crippen molar-refractivity contribution < 1.29 is 22.3 Å². The van der Waals surface area contributed by atoms with E-state index >= 15 is 8.78 Å². The van der Waals surface area contributed by atoms with Gasteiger partial charge in [0, 0.05) is 16.7 Å². The third-order valence-corrected chi connectivity index (χ3v) is 9.57. The van der Waals surface area contributed by atoms with Gasteiger partial charge in [-0.15, -0.1) is 0 Å². The zero-order chi connectivity index (χ0) is 27.8. The number of allylic oxidation sites excluding steroid dienone is 2. The number of hydrogen-bond donors (Lipinski definition) is 0. The van der Waals surface area contributed by atoms with E-state index in [0.29, 0.717) is 29.2 Å². The van der Waals surface area contributed by atoms with Crippen molar-refractivity contribution in [2.75, 3.05) is 6.61 Å². The molecule has 0 aromatic heterocycles. The molecule has 3 fully saturated rings. The second-order valence-corrected chi connectivity index (χ2v) is 11.9. The fraction of sp³-hybridized carbons (Fsp3) is 0.429. The van der Waals surface area contributed by atoms with Crippen LogP contribution in [-0.4, -0.2) is 6.61 Å². The van der Waals surface area contributed by atoms with E-state index in [1.807, 2.05) is 0 Å². The van der Waals surface area contributed by atoms with Gasteiger partial charge in [-0.25, -0.2) is 17.6 Å². The highest BCUT2D eigenvalue weighted by molar-refractivity contribution is 5.71. The Kier molecular flexibility index (Phi) is 7.85. The number of epoxide rings is 1. The Morgan fingerprint density at radius 3 is 1.57 bits per heavy atom. The third kappa shape index (κ3) is 5.37. The van der Waals surface area contributed by atoms with Gasteiger partial charge >= 0.3 is 0 Å². The summed E-state index contributed by atoms with van der Waals surface area (Å²) < 4.78 is 65.0. The van der Waals surface area contributed by atoms with Crippen molar-refractivity contribution in [1.29, 1.82) is 0 Å². The van der Waals surface area contributed by atoms with E-state index < -0.39 is 23.3 Å². The standard InChI is InChI=1S/C35H36F4O/c1-2-3-21-4-6-22(7-5-21)23-8-10-24(11-9-23)27-16-17-28(33(37)32(27)36)25-12-14-26(15-13-25)29-18-19-30(31-20-40-31)35(39)34(29)38/h2-3,12-19,21-24,31H,4-11,20H2,1H3/b3-2+. The molecule has 0 bridgehead atoms. The summed E-state index contributed by atoms with van der Waals surface area (Å²) >= 11 is 0. The summed E-state index contributed by atoms with van der Waals surface area (Å²) in [5, 5.41) is 0. The predicted octanol–water partition coefficient (Wildman–Crippen LogP) is 10.3. The van der Waals surface area contributed by atoms with Gasteiger partial charge in [-0.05, 0) is 98.7 Å². The molecule has 210 valence electrons. The topological polar surface area (TPSA) is 12.5 Å². The Bertz CT molecular complexity index is 1380. The fourth-order valence-electron chi connectivity index (χ4n) is 7.18. The van der Waals surface area contributed by atoms with E-state index in [4.69, 9.17) is 4.74 Å². The molecule has 1 atom stereocenters. The minimum atomic E-state index is -0.932. The van der Waals surface area contributed by atoms with Gasteiger partial charge < -0.3 is 4.74 Å². The fourth-order valence-corrected chi connectivity index (χ4v) is 7.18. The zero-order valence-corrected chi connectivity index (χ0v) is 22.9. The SMILES string of the molecule is C/C=C/C1CCC(C2CCC(c3ccc(-c4ccc(-c5ccc(C6CO6)c(F)c5F)cc4)c(F)c3F)CC2)CC1. The molecule has 0 radical (unpaired) electrons. The first-order valence-corrected chi connectivity index (χ1v) is 14.8. The molecule has 0 amide bonds. The van der Waals surface area contributed by atoms with E-state index in [-0.39, 0.29) is 28.7 Å². The van der Waals surface area contributed by atoms with E-state index in [1.165, 1.54) is 37.8 Å². The first kappa shape index (κ1) is 27.3. The summed E-state index contributed by atoms with van der Waals surface area (Å²) in [6, 6.07) is 12.9. The lowest BCUT2D eigenvalue weighted by atomic mass is 9.68. The minimum Gasteiger partial charge on any atom is -0.368 e. The van der Waals surface area contributed by atoms with Crippen LogP contribution in [0.4, 0.5) is 17.6 Å². The highest BCUT2D eigenvalue weighted by atomic mass is 19.2. The van der Waals surface area contributed by atoms with Gasteiger partial charge in [0.25, 0.3) is 0 Å². The normalized spacial score (nSPS) is 26.8. The van der Waals surface area contributed by atoms with Crippen LogP contribution < -0.4 is 0 Å². The van der Waals surface area contributed by atoms with Gasteiger partial charge in [0.1, 0.15) is 6.10 Å². The largest absolute Gasteiger partial charge is 0.368 e. The molecule has 3 aliphatic rings. The molecule has 40 heavy (non-hydrogen) atoms. The molecular formula is C35H36F4O. The van der Waals surface area contributed by atoms with Gasteiger partial charge in [-0.3, -0.25) is 0 Å². The molecule has 5 heteroatoms. The lowest BCUT2D eigenvalue weighted by molar-refractivity contribution is 0.170. The van der Waals surface area contributed by atoms with Gasteiger partial charge in [0.15, 0.2) is 23.3 Å². The van der Waals surface area contributed by atoms with Crippen LogP contribution >= 0.6 is 0 Å². The predicted molar refractivity (Wildman–Crippen MR) is 151 cm³/mol. The Morgan fingerprint density at radius 1 is 0.600 bits per heavy atom. The average Bonchev–Trinajstić information content (AvgIpc) is 3.82. The molecule has 1 unspecified atom stereocenters. The average molecular weight is 549 g/mol. The number of ether oxygens (including phenoxy) is 1.